The lowest BCUT2D eigenvalue weighted by molar-refractivity contribution is -0.127. The van der Waals surface area contributed by atoms with E-state index < -0.39 is 5.91 Å². The van der Waals surface area contributed by atoms with Gasteiger partial charge in [-0.3, -0.25) is 14.5 Å². The Bertz CT molecular complexity index is 692. The van der Waals surface area contributed by atoms with E-state index in [4.69, 9.17) is 0 Å². The van der Waals surface area contributed by atoms with E-state index in [-0.39, 0.29) is 0 Å². The van der Waals surface area contributed by atoms with Crippen LogP contribution < -0.4 is 5.32 Å². The maximum atomic E-state index is 11.4. The van der Waals surface area contributed by atoms with Gasteiger partial charge >= 0.3 is 0 Å². The van der Waals surface area contributed by atoms with E-state index in [1.165, 1.54) is 5.56 Å². The third-order valence-corrected chi connectivity index (χ3v) is 4.60. The highest BCUT2D eigenvalue weighted by Crippen LogP contribution is 2.33. The number of aldehydes is 1. The zero-order valence-electron chi connectivity index (χ0n) is 13.7. The number of carbonyl (C=O) groups excluding carboxylic acids is 2. The highest BCUT2D eigenvalue weighted by molar-refractivity contribution is 6.29. The van der Waals surface area contributed by atoms with Gasteiger partial charge in [-0.2, -0.15) is 0 Å². The number of anilines is 1. The topological polar surface area (TPSA) is 49.4 Å². The SMILES string of the molecule is O=CC(=O)Nc1ccccc1C1CCN(Cc2ccccc2)CC1. The number of carbonyl (C=O) groups is 2. The van der Waals surface area contributed by atoms with Crippen LogP contribution in [0.1, 0.15) is 29.9 Å². The number of nitrogens with zero attached hydrogens (tertiary/aromatic N) is 1. The summed E-state index contributed by atoms with van der Waals surface area (Å²) >= 11 is 0. The summed E-state index contributed by atoms with van der Waals surface area (Å²) in [6.07, 6.45) is 2.43. The first-order chi connectivity index (χ1) is 11.8. The van der Waals surface area contributed by atoms with Gasteiger partial charge in [0.25, 0.3) is 5.91 Å². The minimum atomic E-state index is -0.594. The van der Waals surface area contributed by atoms with Gasteiger partial charge in [-0.1, -0.05) is 48.5 Å². The number of hydrogen-bond donors (Lipinski definition) is 1. The summed E-state index contributed by atoms with van der Waals surface area (Å²) in [4.78, 5) is 24.4. The number of benzene rings is 2. The van der Waals surface area contributed by atoms with Gasteiger partial charge in [0.15, 0.2) is 0 Å². The standard InChI is InChI=1S/C20H22N2O2/c23-15-20(24)21-19-9-5-4-8-18(19)17-10-12-22(13-11-17)14-16-6-2-1-3-7-16/h1-9,15,17H,10-14H2,(H,21,24). The number of para-hydroxylation sites is 1. The average molecular weight is 322 g/mol. The minimum Gasteiger partial charge on any atom is -0.319 e. The van der Waals surface area contributed by atoms with Crippen molar-refractivity contribution < 1.29 is 9.59 Å². The summed E-state index contributed by atoms with van der Waals surface area (Å²) in [5.41, 5.74) is 3.23. The van der Waals surface area contributed by atoms with Crippen LogP contribution in [0.2, 0.25) is 0 Å². The largest absolute Gasteiger partial charge is 0.319 e. The summed E-state index contributed by atoms with van der Waals surface area (Å²) in [5, 5.41) is 2.69. The maximum absolute atomic E-state index is 11.4. The lowest BCUT2D eigenvalue weighted by Crippen LogP contribution is -2.32. The second-order valence-electron chi connectivity index (χ2n) is 6.23. The molecular formula is C20H22N2O2. The Balaban J connectivity index is 1.62. The predicted octanol–water partition coefficient (Wildman–Crippen LogP) is 3.20. The minimum absolute atomic E-state index is 0.319. The first-order valence-electron chi connectivity index (χ1n) is 8.37. The highest BCUT2D eigenvalue weighted by atomic mass is 16.2. The molecular weight excluding hydrogens is 300 g/mol. The fourth-order valence-corrected chi connectivity index (χ4v) is 3.37. The fraction of sp³-hybridized carbons (Fsp3) is 0.300. The molecule has 2 aromatic carbocycles. The van der Waals surface area contributed by atoms with Crippen molar-refractivity contribution in [3.05, 3.63) is 65.7 Å². The van der Waals surface area contributed by atoms with Gasteiger partial charge in [-0.25, -0.2) is 0 Å². The number of amides is 1. The van der Waals surface area contributed by atoms with Crippen molar-refractivity contribution >= 4 is 17.9 Å². The molecule has 1 aliphatic rings. The van der Waals surface area contributed by atoms with E-state index >= 15 is 0 Å². The van der Waals surface area contributed by atoms with Gasteiger partial charge in [0.05, 0.1) is 0 Å². The number of hydrogen-bond acceptors (Lipinski definition) is 3. The van der Waals surface area contributed by atoms with Gasteiger partial charge in [0, 0.05) is 12.2 Å². The van der Waals surface area contributed by atoms with E-state index in [1.807, 2.05) is 24.3 Å². The van der Waals surface area contributed by atoms with Crippen molar-refractivity contribution in [2.24, 2.45) is 0 Å². The zero-order valence-corrected chi connectivity index (χ0v) is 13.7. The Morgan fingerprint density at radius 1 is 1.04 bits per heavy atom. The van der Waals surface area contributed by atoms with Crippen LogP contribution in [-0.4, -0.2) is 30.2 Å². The number of nitrogens with one attached hydrogen (secondary N) is 1. The summed E-state index contributed by atoms with van der Waals surface area (Å²) < 4.78 is 0. The molecule has 3 rings (SSSR count). The van der Waals surface area contributed by atoms with Crippen LogP contribution in [0.3, 0.4) is 0 Å². The molecule has 0 radical (unpaired) electrons. The molecule has 1 heterocycles. The highest BCUT2D eigenvalue weighted by Gasteiger charge is 2.22. The summed E-state index contributed by atoms with van der Waals surface area (Å²) in [5.74, 6) is -0.177. The second kappa shape index (κ2) is 7.88. The Labute approximate surface area is 142 Å². The number of likely N-dealkylation sites (tertiary alicyclic amines) is 1. The van der Waals surface area contributed by atoms with Crippen molar-refractivity contribution in [3.63, 3.8) is 0 Å². The monoisotopic (exact) mass is 322 g/mol. The van der Waals surface area contributed by atoms with Crippen molar-refractivity contribution in [2.45, 2.75) is 25.3 Å². The van der Waals surface area contributed by atoms with Crippen molar-refractivity contribution in [1.82, 2.24) is 4.90 Å². The van der Waals surface area contributed by atoms with E-state index in [9.17, 15) is 9.59 Å². The van der Waals surface area contributed by atoms with Crippen LogP contribution in [0.5, 0.6) is 0 Å². The molecule has 24 heavy (non-hydrogen) atoms. The molecule has 1 saturated heterocycles. The van der Waals surface area contributed by atoms with Gasteiger partial charge in [0.2, 0.25) is 6.29 Å². The molecule has 1 aliphatic heterocycles. The third kappa shape index (κ3) is 4.09. The molecule has 1 fully saturated rings. The van der Waals surface area contributed by atoms with Gasteiger partial charge in [0.1, 0.15) is 0 Å². The van der Waals surface area contributed by atoms with Crippen molar-refractivity contribution in [1.29, 1.82) is 0 Å². The molecule has 4 heteroatoms. The van der Waals surface area contributed by atoms with Crippen LogP contribution in [0, 0.1) is 0 Å². The molecule has 4 nitrogen and oxygen atoms in total. The van der Waals surface area contributed by atoms with Gasteiger partial charge in [-0.05, 0) is 49.0 Å². The van der Waals surface area contributed by atoms with Crippen LogP contribution in [0.15, 0.2) is 54.6 Å². The normalized spacial score (nSPS) is 15.8. The van der Waals surface area contributed by atoms with Crippen LogP contribution in [0.25, 0.3) is 0 Å². The number of piperidine rings is 1. The molecule has 0 bridgehead atoms. The molecule has 0 aromatic heterocycles. The molecule has 0 unspecified atom stereocenters. The van der Waals surface area contributed by atoms with Crippen molar-refractivity contribution in [2.75, 3.05) is 18.4 Å². The lowest BCUT2D eigenvalue weighted by atomic mass is 9.88. The van der Waals surface area contributed by atoms with Crippen LogP contribution in [-0.2, 0) is 16.1 Å². The van der Waals surface area contributed by atoms with E-state index in [1.54, 1.807) is 0 Å². The second-order valence-corrected chi connectivity index (χ2v) is 6.23. The molecule has 2 aromatic rings. The van der Waals surface area contributed by atoms with E-state index in [2.05, 4.69) is 40.5 Å². The Hall–Kier alpha value is -2.46. The molecule has 0 aliphatic carbocycles. The van der Waals surface area contributed by atoms with Crippen molar-refractivity contribution in [3.8, 4) is 0 Å². The Morgan fingerprint density at radius 2 is 1.71 bits per heavy atom. The summed E-state index contributed by atoms with van der Waals surface area (Å²) in [6, 6.07) is 18.3. The Kier molecular flexibility index (Phi) is 5.39. The quantitative estimate of drug-likeness (QED) is 0.679. The molecule has 0 spiro atoms. The first kappa shape index (κ1) is 16.4. The van der Waals surface area contributed by atoms with Crippen LogP contribution >= 0.6 is 0 Å². The van der Waals surface area contributed by atoms with Gasteiger partial charge in [-0.15, -0.1) is 0 Å². The molecule has 1 N–H and O–H groups in total. The summed E-state index contributed by atoms with van der Waals surface area (Å²) in [6.45, 7) is 3.06. The fourth-order valence-electron chi connectivity index (χ4n) is 3.37. The Morgan fingerprint density at radius 3 is 2.42 bits per heavy atom. The summed E-state index contributed by atoms with van der Waals surface area (Å²) in [7, 11) is 0. The maximum Gasteiger partial charge on any atom is 0.288 e. The zero-order chi connectivity index (χ0) is 16.8. The third-order valence-electron chi connectivity index (χ3n) is 4.60. The average Bonchev–Trinajstić information content (AvgIpc) is 2.64. The molecule has 124 valence electrons. The smallest absolute Gasteiger partial charge is 0.288 e. The van der Waals surface area contributed by atoms with Crippen LogP contribution in [0.4, 0.5) is 5.69 Å². The van der Waals surface area contributed by atoms with E-state index in [0.717, 1.165) is 43.7 Å². The lowest BCUT2D eigenvalue weighted by Gasteiger charge is -2.33. The number of rotatable bonds is 5. The van der Waals surface area contributed by atoms with Gasteiger partial charge < -0.3 is 5.32 Å². The van der Waals surface area contributed by atoms with E-state index in [0.29, 0.717) is 12.2 Å². The predicted molar refractivity (Wildman–Crippen MR) is 94.8 cm³/mol. The molecule has 0 atom stereocenters. The molecule has 0 saturated carbocycles. The first-order valence-corrected chi connectivity index (χ1v) is 8.37. The molecule has 1 amide bonds.